The number of rotatable bonds is 2. The third-order valence-electron chi connectivity index (χ3n) is 3.38. The fourth-order valence-electron chi connectivity index (χ4n) is 2.42. The molecule has 0 fully saturated rings. The van der Waals surface area contributed by atoms with E-state index in [9.17, 15) is 0 Å². The molecule has 0 N–H and O–H groups in total. The maximum atomic E-state index is 5.78. The van der Waals surface area contributed by atoms with Crippen molar-refractivity contribution < 1.29 is 0 Å². The monoisotopic (exact) mass is 254 g/mol. The van der Waals surface area contributed by atoms with E-state index in [0.29, 0.717) is 0 Å². The summed E-state index contributed by atoms with van der Waals surface area (Å²) in [5.41, 5.74) is 5.46. The predicted octanol–water partition coefficient (Wildman–Crippen LogP) is 5.00. The predicted molar refractivity (Wildman–Crippen MR) is 85.2 cm³/mol. The highest BCUT2D eigenvalue weighted by Crippen LogP contribution is 2.31. The molecule has 0 aliphatic rings. The normalized spacial score (nSPS) is 9.95. The summed E-state index contributed by atoms with van der Waals surface area (Å²) in [5.74, 6) is 2.86. The van der Waals surface area contributed by atoms with Crippen LogP contribution in [0, 0.1) is 12.3 Å². The lowest BCUT2D eigenvalue weighted by Gasteiger charge is -2.11. The summed E-state index contributed by atoms with van der Waals surface area (Å²) in [7, 11) is 0. The minimum absolute atomic E-state index is 0.949. The van der Waals surface area contributed by atoms with Crippen LogP contribution in [0.25, 0.3) is 22.3 Å². The van der Waals surface area contributed by atoms with E-state index in [2.05, 4.69) is 48.4 Å². The molecule has 0 amide bonds. The van der Waals surface area contributed by atoms with Gasteiger partial charge >= 0.3 is 0 Å². The number of benzene rings is 3. The molecule has 3 aromatic rings. The zero-order chi connectivity index (χ0) is 13.8. The lowest BCUT2D eigenvalue weighted by molar-refractivity contribution is 1.55. The van der Waals surface area contributed by atoms with E-state index in [4.69, 9.17) is 6.42 Å². The van der Waals surface area contributed by atoms with Gasteiger partial charge in [0.15, 0.2) is 0 Å². The Morgan fingerprint density at radius 1 is 0.550 bits per heavy atom. The minimum atomic E-state index is 0.949. The summed E-state index contributed by atoms with van der Waals surface area (Å²) in [5, 5.41) is 0. The molecular formula is C20H14. The van der Waals surface area contributed by atoms with Crippen molar-refractivity contribution in [2.75, 3.05) is 0 Å². The largest absolute Gasteiger partial charge is 0.115 e. The van der Waals surface area contributed by atoms with Crippen molar-refractivity contribution in [2.24, 2.45) is 0 Å². The van der Waals surface area contributed by atoms with E-state index >= 15 is 0 Å². The van der Waals surface area contributed by atoms with Gasteiger partial charge in [-0.05, 0) is 22.3 Å². The van der Waals surface area contributed by atoms with Crippen LogP contribution in [-0.2, 0) is 0 Å². The van der Waals surface area contributed by atoms with Crippen molar-refractivity contribution in [3.05, 3.63) is 84.4 Å². The molecule has 0 saturated carbocycles. The molecule has 0 aliphatic carbocycles. The van der Waals surface area contributed by atoms with Crippen LogP contribution in [0.4, 0.5) is 0 Å². The molecule has 94 valence electrons. The smallest absolute Gasteiger partial charge is 0.0399 e. The van der Waals surface area contributed by atoms with Crippen LogP contribution >= 0.6 is 0 Å². The Morgan fingerprint density at radius 3 is 1.40 bits per heavy atom. The molecule has 0 saturated heterocycles. The molecule has 3 aromatic carbocycles. The molecule has 0 unspecified atom stereocenters. The minimum Gasteiger partial charge on any atom is -0.115 e. The van der Waals surface area contributed by atoms with Gasteiger partial charge < -0.3 is 0 Å². The second kappa shape index (κ2) is 5.47. The second-order valence-electron chi connectivity index (χ2n) is 4.60. The fraction of sp³-hybridized carbons (Fsp3) is 0. The molecule has 20 heavy (non-hydrogen) atoms. The van der Waals surface area contributed by atoms with E-state index in [1.807, 2.05) is 36.4 Å². The third kappa shape index (κ3) is 2.22. The number of hydrogen-bond donors (Lipinski definition) is 0. The van der Waals surface area contributed by atoms with Crippen LogP contribution in [0.15, 0.2) is 78.9 Å². The molecule has 0 spiro atoms. The standard InChI is InChI=1S/C20H14/c1-2-18-19(16-10-5-3-6-11-16)14-9-15-20(18)17-12-7-4-8-13-17/h1,3-15H. The van der Waals surface area contributed by atoms with Crippen LogP contribution in [0.3, 0.4) is 0 Å². The Hall–Kier alpha value is -2.78. The molecule has 3 rings (SSSR count). The van der Waals surface area contributed by atoms with Gasteiger partial charge in [0.05, 0.1) is 0 Å². The molecule has 0 aliphatic heterocycles. The quantitative estimate of drug-likeness (QED) is 0.564. The molecule has 0 radical (unpaired) electrons. The van der Waals surface area contributed by atoms with Gasteiger partial charge in [0.2, 0.25) is 0 Å². The van der Waals surface area contributed by atoms with E-state index in [0.717, 1.165) is 27.8 Å². The van der Waals surface area contributed by atoms with E-state index in [1.165, 1.54) is 0 Å². The zero-order valence-electron chi connectivity index (χ0n) is 11.1. The first-order valence-corrected chi connectivity index (χ1v) is 6.60. The van der Waals surface area contributed by atoms with Crippen molar-refractivity contribution in [3.63, 3.8) is 0 Å². The summed E-state index contributed by atoms with van der Waals surface area (Å²) in [4.78, 5) is 0. The van der Waals surface area contributed by atoms with Crippen LogP contribution in [0.2, 0.25) is 0 Å². The summed E-state index contributed by atoms with van der Waals surface area (Å²) in [6, 6.07) is 26.7. The van der Waals surface area contributed by atoms with E-state index in [-0.39, 0.29) is 0 Å². The van der Waals surface area contributed by atoms with Gasteiger partial charge in [0, 0.05) is 5.56 Å². The van der Waals surface area contributed by atoms with Gasteiger partial charge in [0.25, 0.3) is 0 Å². The lowest BCUT2D eigenvalue weighted by atomic mass is 9.92. The Balaban J connectivity index is 2.22. The highest BCUT2D eigenvalue weighted by atomic mass is 14.1. The first-order chi connectivity index (χ1) is 9.90. The van der Waals surface area contributed by atoms with Crippen molar-refractivity contribution in [3.8, 4) is 34.6 Å². The maximum absolute atomic E-state index is 5.78. The first-order valence-electron chi connectivity index (χ1n) is 6.60. The van der Waals surface area contributed by atoms with Gasteiger partial charge in [-0.3, -0.25) is 0 Å². The number of hydrogen-bond acceptors (Lipinski definition) is 0. The SMILES string of the molecule is C#Cc1c(-c2ccccc2)cccc1-c1ccccc1. The third-order valence-corrected chi connectivity index (χ3v) is 3.38. The van der Waals surface area contributed by atoms with Crippen molar-refractivity contribution in [1.29, 1.82) is 0 Å². The van der Waals surface area contributed by atoms with Crippen LogP contribution in [0.5, 0.6) is 0 Å². The van der Waals surface area contributed by atoms with Crippen molar-refractivity contribution >= 4 is 0 Å². The van der Waals surface area contributed by atoms with Gasteiger partial charge in [-0.1, -0.05) is 84.8 Å². The Bertz CT molecular complexity index is 689. The van der Waals surface area contributed by atoms with Crippen LogP contribution in [0.1, 0.15) is 5.56 Å². The fourth-order valence-corrected chi connectivity index (χ4v) is 2.42. The molecule has 0 heterocycles. The Morgan fingerprint density at radius 2 is 1.00 bits per heavy atom. The summed E-state index contributed by atoms with van der Waals surface area (Å²) in [6.07, 6.45) is 5.78. The first kappa shape index (κ1) is 12.3. The molecule has 0 aromatic heterocycles. The zero-order valence-corrected chi connectivity index (χ0v) is 11.1. The highest BCUT2D eigenvalue weighted by Gasteiger charge is 2.09. The van der Waals surface area contributed by atoms with Gasteiger partial charge in [-0.25, -0.2) is 0 Å². The van der Waals surface area contributed by atoms with Crippen molar-refractivity contribution in [1.82, 2.24) is 0 Å². The van der Waals surface area contributed by atoms with Crippen LogP contribution in [-0.4, -0.2) is 0 Å². The van der Waals surface area contributed by atoms with E-state index in [1.54, 1.807) is 0 Å². The van der Waals surface area contributed by atoms with E-state index < -0.39 is 0 Å². The van der Waals surface area contributed by atoms with Gasteiger partial charge in [0.1, 0.15) is 0 Å². The lowest BCUT2D eigenvalue weighted by Crippen LogP contribution is -1.89. The molecule has 0 nitrogen and oxygen atoms in total. The maximum Gasteiger partial charge on any atom is 0.0399 e. The molecule has 0 heteroatoms. The Labute approximate surface area is 119 Å². The molecule has 0 bridgehead atoms. The molecular weight excluding hydrogens is 240 g/mol. The average molecular weight is 254 g/mol. The van der Waals surface area contributed by atoms with Crippen molar-refractivity contribution in [2.45, 2.75) is 0 Å². The van der Waals surface area contributed by atoms with Gasteiger partial charge in [-0.15, -0.1) is 6.42 Å². The topological polar surface area (TPSA) is 0 Å². The average Bonchev–Trinajstić information content (AvgIpc) is 2.55. The Kier molecular flexibility index (Phi) is 3.35. The van der Waals surface area contributed by atoms with Crippen LogP contribution < -0.4 is 0 Å². The second-order valence-corrected chi connectivity index (χ2v) is 4.60. The highest BCUT2D eigenvalue weighted by molar-refractivity contribution is 5.82. The number of terminal acetylenes is 1. The summed E-state index contributed by atoms with van der Waals surface area (Å²) < 4.78 is 0. The summed E-state index contributed by atoms with van der Waals surface area (Å²) >= 11 is 0. The van der Waals surface area contributed by atoms with Gasteiger partial charge in [-0.2, -0.15) is 0 Å². The summed E-state index contributed by atoms with van der Waals surface area (Å²) in [6.45, 7) is 0. The molecule has 0 atom stereocenters.